The lowest BCUT2D eigenvalue weighted by Gasteiger charge is -2.31. The standard InChI is InChI=1S/C24H24ClN5OS2/c1-16-27-28-24(30(16)14-17-5-3-2-4-6-17)32-15-22(31)29-11-9-18(10-12-29)23-26-20-13-19(25)7-8-21(20)33-23/h2-8,13,18H,9-12,14-15H2,1H3. The summed E-state index contributed by atoms with van der Waals surface area (Å²) in [5.41, 5.74) is 2.15. The molecule has 6 nitrogen and oxygen atoms in total. The van der Waals surface area contributed by atoms with Gasteiger partial charge in [-0.1, -0.05) is 53.7 Å². The van der Waals surface area contributed by atoms with Crippen LogP contribution in [0.4, 0.5) is 0 Å². The minimum absolute atomic E-state index is 0.154. The summed E-state index contributed by atoms with van der Waals surface area (Å²) < 4.78 is 3.23. The maximum absolute atomic E-state index is 12.9. The summed E-state index contributed by atoms with van der Waals surface area (Å²) in [5, 5.41) is 11.2. The van der Waals surface area contributed by atoms with E-state index in [1.54, 1.807) is 11.3 Å². The van der Waals surface area contributed by atoms with E-state index in [4.69, 9.17) is 16.6 Å². The molecular formula is C24H24ClN5OS2. The maximum atomic E-state index is 12.9. The number of thioether (sulfide) groups is 1. The zero-order valence-corrected chi connectivity index (χ0v) is 20.7. The van der Waals surface area contributed by atoms with Gasteiger partial charge in [-0.25, -0.2) is 4.98 Å². The number of aromatic nitrogens is 4. The van der Waals surface area contributed by atoms with Crippen molar-refractivity contribution in [1.29, 1.82) is 0 Å². The lowest BCUT2D eigenvalue weighted by molar-refractivity contribution is -0.129. The second-order valence-electron chi connectivity index (χ2n) is 8.21. The summed E-state index contributed by atoms with van der Waals surface area (Å²) in [6.45, 7) is 4.17. The highest BCUT2D eigenvalue weighted by Gasteiger charge is 2.26. The number of nitrogens with zero attached hydrogens (tertiary/aromatic N) is 5. The fraction of sp³-hybridized carbons (Fsp3) is 0.333. The quantitative estimate of drug-likeness (QED) is 0.334. The number of halogens is 1. The van der Waals surface area contributed by atoms with Crippen LogP contribution in [0.1, 0.15) is 35.2 Å². The molecule has 9 heteroatoms. The van der Waals surface area contributed by atoms with Gasteiger partial charge in [-0.15, -0.1) is 21.5 Å². The summed E-state index contributed by atoms with van der Waals surface area (Å²) in [4.78, 5) is 19.7. The van der Waals surface area contributed by atoms with Gasteiger partial charge >= 0.3 is 0 Å². The third kappa shape index (κ3) is 5.08. The van der Waals surface area contributed by atoms with E-state index < -0.39 is 0 Å². The zero-order valence-electron chi connectivity index (χ0n) is 18.3. The number of fused-ring (bicyclic) bond motifs is 1. The Morgan fingerprint density at radius 3 is 2.73 bits per heavy atom. The summed E-state index contributed by atoms with van der Waals surface area (Å²) in [6.07, 6.45) is 1.88. The van der Waals surface area contributed by atoms with Crippen LogP contribution in [0.2, 0.25) is 5.02 Å². The van der Waals surface area contributed by atoms with Crippen LogP contribution < -0.4 is 0 Å². The molecule has 0 saturated carbocycles. The van der Waals surface area contributed by atoms with Crippen molar-refractivity contribution < 1.29 is 4.79 Å². The van der Waals surface area contributed by atoms with Crippen molar-refractivity contribution in [2.45, 2.75) is 37.4 Å². The summed E-state index contributed by atoms with van der Waals surface area (Å²) >= 11 is 9.31. The SMILES string of the molecule is Cc1nnc(SCC(=O)N2CCC(c3nc4cc(Cl)ccc4s3)CC2)n1Cc1ccccc1. The summed E-state index contributed by atoms with van der Waals surface area (Å²) in [7, 11) is 0. The maximum Gasteiger partial charge on any atom is 0.233 e. The molecule has 1 aliphatic heterocycles. The number of amides is 1. The lowest BCUT2D eigenvalue weighted by Crippen LogP contribution is -2.39. The Labute approximate surface area is 206 Å². The van der Waals surface area contributed by atoms with E-state index in [0.717, 1.165) is 47.4 Å². The number of benzene rings is 2. The molecule has 170 valence electrons. The summed E-state index contributed by atoms with van der Waals surface area (Å²) in [6, 6.07) is 16.1. The van der Waals surface area contributed by atoms with Crippen LogP contribution in [-0.4, -0.2) is 49.4 Å². The first-order chi connectivity index (χ1) is 16.1. The molecule has 4 aromatic rings. The number of thiazole rings is 1. The molecule has 0 unspecified atom stereocenters. The lowest BCUT2D eigenvalue weighted by atomic mass is 9.97. The second kappa shape index (κ2) is 9.83. The first kappa shape index (κ1) is 22.4. The van der Waals surface area contributed by atoms with Crippen molar-refractivity contribution in [3.8, 4) is 0 Å². The first-order valence-corrected chi connectivity index (χ1v) is 13.1. The van der Waals surface area contributed by atoms with Gasteiger partial charge < -0.3 is 9.47 Å². The number of hydrogen-bond donors (Lipinski definition) is 0. The van der Waals surface area contributed by atoms with Gasteiger partial charge in [-0.05, 0) is 43.5 Å². The van der Waals surface area contributed by atoms with Gasteiger partial charge in [0.1, 0.15) is 5.82 Å². The highest BCUT2D eigenvalue weighted by atomic mass is 35.5. The number of carbonyl (C=O) groups is 1. The topological polar surface area (TPSA) is 63.9 Å². The largest absolute Gasteiger partial charge is 0.342 e. The van der Waals surface area contributed by atoms with Crippen molar-refractivity contribution in [3.63, 3.8) is 0 Å². The van der Waals surface area contributed by atoms with E-state index in [1.807, 2.05) is 48.2 Å². The molecule has 0 N–H and O–H groups in total. The number of likely N-dealkylation sites (tertiary alicyclic amines) is 1. The van der Waals surface area contributed by atoms with Gasteiger partial charge in [0.15, 0.2) is 5.16 Å². The van der Waals surface area contributed by atoms with Gasteiger partial charge in [-0.3, -0.25) is 4.79 Å². The number of piperidine rings is 1. The van der Waals surface area contributed by atoms with E-state index >= 15 is 0 Å². The van der Waals surface area contributed by atoms with Gasteiger partial charge in [0, 0.05) is 24.0 Å². The van der Waals surface area contributed by atoms with Crippen molar-refractivity contribution in [1.82, 2.24) is 24.6 Å². The Morgan fingerprint density at radius 1 is 1.15 bits per heavy atom. The highest BCUT2D eigenvalue weighted by Crippen LogP contribution is 2.35. The zero-order chi connectivity index (χ0) is 22.8. The molecule has 0 spiro atoms. The van der Waals surface area contributed by atoms with Crippen LogP contribution in [0.25, 0.3) is 10.2 Å². The molecule has 1 amide bonds. The third-order valence-electron chi connectivity index (χ3n) is 5.97. The summed E-state index contributed by atoms with van der Waals surface area (Å²) in [5.74, 6) is 1.78. The number of aryl methyl sites for hydroxylation is 1. The normalized spacial score (nSPS) is 14.8. The molecule has 0 aliphatic carbocycles. The van der Waals surface area contributed by atoms with E-state index in [9.17, 15) is 4.79 Å². The molecule has 0 atom stereocenters. The van der Waals surface area contributed by atoms with E-state index in [1.165, 1.54) is 22.0 Å². The Kier molecular flexibility index (Phi) is 6.66. The fourth-order valence-corrected chi connectivity index (χ4v) is 6.27. The van der Waals surface area contributed by atoms with E-state index in [0.29, 0.717) is 23.2 Å². The van der Waals surface area contributed by atoms with Gasteiger partial charge in [-0.2, -0.15) is 0 Å². The number of hydrogen-bond acceptors (Lipinski definition) is 6. The van der Waals surface area contributed by atoms with Crippen molar-refractivity contribution in [3.05, 3.63) is 69.9 Å². The molecule has 1 fully saturated rings. The van der Waals surface area contributed by atoms with Crippen LogP contribution >= 0.6 is 34.7 Å². The van der Waals surface area contributed by atoms with E-state index in [-0.39, 0.29) is 5.91 Å². The van der Waals surface area contributed by atoms with Crippen LogP contribution in [-0.2, 0) is 11.3 Å². The van der Waals surface area contributed by atoms with Crippen LogP contribution in [0, 0.1) is 6.92 Å². The highest BCUT2D eigenvalue weighted by molar-refractivity contribution is 7.99. The molecule has 0 bridgehead atoms. The molecule has 0 radical (unpaired) electrons. The predicted molar refractivity (Wildman–Crippen MR) is 134 cm³/mol. The number of carbonyl (C=O) groups excluding carboxylic acids is 1. The molecule has 2 aromatic carbocycles. The molecule has 5 rings (SSSR count). The van der Waals surface area contributed by atoms with Crippen molar-refractivity contribution in [2.75, 3.05) is 18.8 Å². The van der Waals surface area contributed by atoms with Gasteiger partial charge in [0.05, 0.1) is 27.5 Å². The van der Waals surface area contributed by atoms with E-state index in [2.05, 4.69) is 26.9 Å². The van der Waals surface area contributed by atoms with Crippen molar-refractivity contribution >= 4 is 50.8 Å². The molecule has 3 heterocycles. The minimum atomic E-state index is 0.154. The van der Waals surface area contributed by atoms with Crippen LogP contribution in [0.3, 0.4) is 0 Å². The fourth-order valence-electron chi connectivity index (χ4n) is 4.10. The van der Waals surface area contributed by atoms with Crippen LogP contribution in [0.15, 0.2) is 53.7 Å². The molecule has 2 aromatic heterocycles. The second-order valence-corrected chi connectivity index (χ2v) is 10.7. The molecule has 1 aliphatic rings. The number of rotatable bonds is 6. The Hall–Kier alpha value is -2.42. The average Bonchev–Trinajstić information content (AvgIpc) is 3.41. The predicted octanol–water partition coefficient (Wildman–Crippen LogP) is 5.40. The Bertz CT molecular complexity index is 1260. The van der Waals surface area contributed by atoms with Crippen LogP contribution in [0.5, 0.6) is 0 Å². The smallest absolute Gasteiger partial charge is 0.233 e. The van der Waals surface area contributed by atoms with Crippen molar-refractivity contribution in [2.24, 2.45) is 0 Å². The molecule has 33 heavy (non-hydrogen) atoms. The monoisotopic (exact) mass is 497 g/mol. The van der Waals surface area contributed by atoms with Gasteiger partial charge in [0.25, 0.3) is 0 Å². The first-order valence-electron chi connectivity index (χ1n) is 11.0. The average molecular weight is 498 g/mol. The van der Waals surface area contributed by atoms with Gasteiger partial charge in [0.2, 0.25) is 5.91 Å². The Balaban J connectivity index is 1.17. The molecule has 1 saturated heterocycles. The minimum Gasteiger partial charge on any atom is -0.342 e. The third-order valence-corrected chi connectivity index (χ3v) is 8.36. The molecular weight excluding hydrogens is 474 g/mol. The Morgan fingerprint density at radius 2 is 1.94 bits per heavy atom.